The van der Waals surface area contributed by atoms with E-state index in [-0.39, 0.29) is 23.9 Å². The molecule has 0 heterocycles. The van der Waals surface area contributed by atoms with Crippen LogP contribution in [0.3, 0.4) is 0 Å². The molecule has 0 amide bonds. The van der Waals surface area contributed by atoms with Gasteiger partial charge in [0.05, 0.1) is 17.8 Å². The lowest BCUT2D eigenvalue weighted by molar-refractivity contribution is -0.260. The highest BCUT2D eigenvalue weighted by atomic mass is 19.1. The zero-order valence-corrected chi connectivity index (χ0v) is 15.3. The standard InChI is InChI=1S/C20H33FO3/c1-17-8-6-13(22)10-12(17)4-5-15-14-7-9-19(3,24)18(14,2)11-16(23)20(15,17)21/h12-16,22-24H,4-11H2,1-3H3/t12-,13-,14-,15-,16-,17-,18-,19-,20-/m0/s1. The van der Waals surface area contributed by atoms with E-state index in [2.05, 4.69) is 6.92 Å². The third-order valence-corrected chi connectivity index (χ3v) is 9.27. The SMILES string of the molecule is C[C@]1(O)CC[C@H]2[C@@H]3CC[C@H]4C[C@@H](O)CC[C@]4(C)[C@@]3(F)[C@@H](O)C[C@@]21C. The number of rotatable bonds is 0. The van der Waals surface area contributed by atoms with Gasteiger partial charge in [0, 0.05) is 10.8 Å². The van der Waals surface area contributed by atoms with Crippen LogP contribution in [0, 0.1) is 28.6 Å². The molecule has 4 aliphatic rings. The Morgan fingerprint density at radius 2 is 1.58 bits per heavy atom. The summed E-state index contributed by atoms with van der Waals surface area (Å²) < 4.78 is 16.7. The van der Waals surface area contributed by atoms with E-state index < -0.39 is 28.2 Å². The van der Waals surface area contributed by atoms with E-state index in [9.17, 15) is 15.3 Å². The molecule has 4 saturated carbocycles. The van der Waals surface area contributed by atoms with Crippen molar-refractivity contribution in [3.8, 4) is 0 Å². The highest BCUT2D eigenvalue weighted by Gasteiger charge is 2.73. The molecule has 0 aromatic carbocycles. The van der Waals surface area contributed by atoms with Crippen molar-refractivity contribution in [1.82, 2.24) is 0 Å². The summed E-state index contributed by atoms with van der Waals surface area (Å²) >= 11 is 0. The molecular formula is C20H33FO3. The molecule has 4 aliphatic carbocycles. The fourth-order valence-electron chi connectivity index (χ4n) is 7.46. The number of alkyl halides is 1. The minimum Gasteiger partial charge on any atom is -0.393 e. The second kappa shape index (κ2) is 4.95. The number of aliphatic hydroxyl groups is 3. The van der Waals surface area contributed by atoms with Crippen LogP contribution in [0.4, 0.5) is 4.39 Å². The largest absolute Gasteiger partial charge is 0.393 e. The molecule has 0 saturated heterocycles. The zero-order chi connectivity index (χ0) is 17.5. The number of halogens is 1. The highest BCUT2D eigenvalue weighted by molar-refractivity contribution is 5.22. The van der Waals surface area contributed by atoms with Crippen molar-refractivity contribution in [2.75, 3.05) is 0 Å². The van der Waals surface area contributed by atoms with Crippen molar-refractivity contribution in [1.29, 1.82) is 0 Å². The van der Waals surface area contributed by atoms with Gasteiger partial charge < -0.3 is 15.3 Å². The highest BCUT2D eigenvalue weighted by Crippen LogP contribution is 2.70. The average molecular weight is 340 g/mol. The van der Waals surface area contributed by atoms with E-state index >= 15 is 4.39 Å². The van der Waals surface area contributed by atoms with Crippen LogP contribution in [0.25, 0.3) is 0 Å². The molecule has 4 heteroatoms. The van der Waals surface area contributed by atoms with Crippen LogP contribution in [0.5, 0.6) is 0 Å². The van der Waals surface area contributed by atoms with Gasteiger partial charge in [-0.3, -0.25) is 0 Å². The van der Waals surface area contributed by atoms with Crippen LogP contribution in [-0.2, 0) is 0 Å². The first-order valence-electron chi connectivity index (χ1n) is 9.84. The first-order chi connectivity index (χ1) is 11.1. The number of aliphatic hydroxyl groups excluding tert-OH is 2. The van der Waals surface area contributed by atoms with Crippen LogP contribution < -0.4 is 0 Å². The monoisotopic (exact) mass is 340 g/mol. The Balaban J connectivity index is 1.76. The maximum absolute atomic E-state index is 16.7. The van der Waals surface area contributed by atoms with Crippen molar-refractivity contribution >= 4 is 0 Å². The van der Waals surface area contributed by atoms with Crippen molar-refractivity contribution < 1.29 is 19.7 Å². The second-order valence-electron chi connectivity index (χ2n) is 10.1. The van der Waals surface area contributed by atoms with E-state index in [0.29, 0.717) is 32.1 Å². The second-order valence-corrected chi connectivity index (χ2v) is 10.1. The zero-order valence-electron chi connectivity index (χ0n) is 15.3. The van der Waals surface area contributed by atoms with Gasteiger partial charge in [0.2, 0.25) is 0 Å². The first kappa shape index (κ1) is 17.2. The fourth-order valence-corrected chi connectivity index (χ4v) is 7.46. The predicted octanol–water partition coefficient (Wildman–Crippen LogP) is 3.20. The van der Waals surface area contributed by atoms with Crippen LogP contribution in [-0.4, -0.2) is 38.8 Å². The molecule has 0 aromatic heterocycles. The van der Waals surface area contributed by atoms with Gasteiger partial charge in [-0.2, -0.15) is 0 Å². The van der Waals surface area contributed by atoms with Gasteiger partial charge >= 0.3 is 0 Å². The third kappa shape index (κ3) is 1.83. The third-order valence-electron chi connectivity index (χ3n) is 9.27. The molecular weight excluding hydrogens is 307 g/mol. The van der Waals surface area contributed by atoms with Gasteiger partial charge in [-0.15, -0.1) is 0 Å². The summed E-state index contributed by atoms with van der Waals surface area (Å²) in [5.41, 5.74) is -3.35. The first-order valence-corrected chi connectivity index (χ1v) is 9.84. The molecule has 0 bridgehead atoms. The van der Waals surface area contributed by atoms with Crippen LogP contribution in [0.2, 0.25) is 0 Å². The van der Waals surface area contributed by atoms with Crippen molar-refractivity contribution in [2.24, 2.45) is 28.6 Å². The lowest BCUT2D eigenvalue weighted by Crippen LogP contribution is -2.70. The van der Waals surface area contributed by atoms with Crippen LogP contribution in [0.1, 0.15) is 72.1 Å². The summed E-state index contributed by atoms with van der Waals surface area (Å²) in [6.07, 6.45) is 4.24. The smallest absolute Gasteiger partial charge is 0.145 e. The van der Waals surface area contributed by atoms with E-state index in [1.807, 2.05) is 13.8 Å². The number of hydrogen-bond acceptors (Lipinski definition) is 3. The Labute approximate surface area is 144 Å². The molecule has 0 aliphatic heterocycles. The molecule has 4 rings (SSSR count). The van der Waals surface area contributed by atoms with Crippen LogP contribution >= 0.6 is 0 Å². The molecule has 24 heavy (non-hydrogen) atoms. The summed E-state index contributed by atoms with van der Waals surface area (Å²) in [7, 11) is 0. The Bertz CT molecular complexity index is 537. The molecule has 4 fully saturated rings. The number of fused-ring (bicyclic) bond motifs is 5. The van der Waals surface area contributed by atoms with Crippen molar-refractivity contribution in [3.63, 3.8) is 0 Å². The van der Waals surface area contributed by atoms with Gasteiger partial charge in [0.15, 0.2) is 0 Å². The summed E-state index contributed by atoms with van der Waals surface area (Å²) in [6.45, 7) is 5.95. The molecule has 9 atom stereocenters. The summed E-state index contributed by atoms with van der Waals surface area (Å²) in [4.78, 5) is 0. The van der Waals surface area contributed by atoms with Gasteiger partial charge in [0.1, 0.15) is 5.67 Å². The maximum Gasteiger partial charge on any atom is 0.145 e. The van der Waals surface area contributed by atoms with E-state index in [4.69, 9.17) is 0 Å². The summed E-state index contributed by atoms with van der Waals surface area (Å²) in [5, 5.41) is 32.0. The van der Waals surface area contributed by atoms with Gasteiger partial charge in [-0.05, 0) is 76.0 Å². The fraction of sp³-hybridized carbons (Fsp3) is 1.00. The lowest BCUT2D eigenvalue weighted by Gasteiger charge is -2.65. The van der Waals surface area contributed by atoms with Crippen molar-refractivity contribution in [3.05, 3.63) is 0 Å². The van der Waals surface area contributed by atoms with Crippen LogP contribution in [0.15, 0.2) is 0 Å². The van der Waals surface area contributed by atoms with Gasteiger partial charge in [-0.1, -0.05) is 13.8 Å². The minimum absolute atomic E-state index is 0.144. The Kier molecular flexibility index (Phi) is 3.56. The molecule has 3 nitrogen and oxygen atoms in total. The minimum atomic E-state index is -1.58. The maximum atomic E-state index is 16.7. The van der Waals surface area contributed by atoms with E-state index in [1.54, 1.807) is 0 Å². The van der Waals surface area contributed by atoms with E-state index in [0.717, 1.165) is 19.3 Å². The molecule has 0 spiro atoms. The molecule has 138 valence electrons. The quantitative estimate of drug-likeness (QED) is 0.635. The number of hydrogen-bond donors (Lipinski definition) is 3. The summed E-state index contributed by atoms with van der Waals surface area (Å²) in [5.74, 6) is 0.130. The van der Waals surface area contributed by atoms with Crippen molar-refractivity contribution in [2.45, 2.75) is 95.6 Å². The normalized spacial score (nSPS) is 63.4. The Hall–Kier alpha value is -0.190. The molecule has 0 unspecified atom stereocenters. The predicted molar refractivity (Wildman–Crippen MR) is 90.1 cm³/mol. The van der Waals surface area contributed by atoms with Gasteiger partial charge in [-0.25, -0.2) is 4.39 Å². The Morgan fingerprint density at radius 3 is 2.29 bits per heavy atom. The summed E-state index contributed by atoms with van der Waals surface area (Å²) in [6, 6.07) is 0. The molecule has 0 aromatic rings. The van der Waals surface area contributed by atoms with E-state index in [1.165, 1.54) is 0 Å². The Morgan fingerprint density at radius 1 is 0.875 bits per heavy atom. The molecule has 0 radical (unpaired) electrons. The average Bonchev–Trinajstić information content (AvgIpc) is 2.72. The molecule has 3 N–H and O–H groups in total. The topological polar surface area (TPSA) is 60.7 Å². The van der Waals surface area contributed by atoms with Gasteiger partial charge in [0.25, 0.3) is 0 Å². The lowest BCUT2D eigenvalue weighted by atomic mass is 9.42.